The molecule has 0 spiro atoms. The van der Waals surface area contributed by atoms with Gasteiger partial charge in [0.25, 0.3) is 0 Å². The Morgan fingerprint density at radius 1 is 0.397 bits per heavy atom. The molecule has 398 valence electrons. The van der Waals surface area contributed by atoms with E-state index in [9.17, 15) is 28.9 Å². The third kappa shape index (κ3) is 48.7. The second-order valence-electron chi connectivity index (χ2n) is 18.7. The van der Waals surface area contributed by atoms with Gasteiger partial charge in [-0.05, 0) is 89.9 Å². The molecule has 0 heterocycles. The maximum atomic E-state index is 12.9. The highest BCUT2D eigenvalue weighted by Gasteiger charge is 2.28. The molecule has 0 amide bonds. The van der Waals surface area contributed by atoms with E-state index < -0.39 is 57.8 Å². The standard InChI is InChI=1S/C56H103O11P/c1-4-7-10-13-16-19-22-24-25-26-27-29-31-33-36-39-42-45-54(58)63-49-53(67-56(60)47-44-41-38-35-32-28-23-20-17-14-11-8-5-2)51-65-68(61,62)64-50-52(48-57)66-55(59)46-43-40-37-34-30-21-18-15-12-9-6-3/h15,18,20,23-25,52-53,57H,4-14,16-17,19,21-22,26-51H2,1-3H3,(H,61,62)/b18-15-,23-20-,25-24-. The lowest BCUT2D eigenvalue weighted by atomic mass is 10.1. The zero-order valence-electron chi connectivity index (χ0n) is 43.8. The van der Waals surface area contributed by atoms with Crippen LogP contribution in [0.2, 0.25) is 0 Å². The summed E-state index contributed by atoms with van der Waals surface area (Å²) in [7, 11) is -4.74. The van der Waals surface area contributed by atoms with Crippen molar-refractivity contribution in [3.8, 4) is 0 Å². The van der Waals surface area contributed by atoms with Crippen LogP contribution in [0.25, 0.3) is 0 Å². The van der Waals surface area contributed by atoms with Gasteiger partial charge in [0.05, 0.1) is 19.8 Å². The number of aliphatic hydroxyl groups is 1. The molecule has 0 aromatic heterocycles. The highest BCUT2D eigenvalue weighted by Crippen LogP contribution is 2.43. The van der Waals surface area contributed by atoms with Gasteiger partial charge in [0.1, 0.15) is 12.7 Å². The molecule has 0 saturated carbocycles. The van der Waals surface area contributed by atoms with Crippen LogP contribution in [0.4, 0.5) is 0 Å². The van der Waals surface area contributed by atoms with Crippen LogP contribution in [0.3, 0.4) is 0 Å². The van der Waals surface area contributed by atoms with Gasteiger partial charge in [-0.1, -0.05) is 192 Å². The van der Waals surface area contributed by atoms with E-state index in [0.29, 0.717) is 19.3 Å². The number of ether oxygens (including phenoxy) is 3. The molecule has 3 atom stereocenters. The molecule has 68 heavy (non-hydrogen) atoms. The summed E-state index contributed by atoms with van der Waals surface area (Å²) in [5, 5.41) is 9.77. The molecule has 0 saturated heterocycles. The maximum Gasteiger partial charge on any atom is 0.472 e. The monoisotopic (exact) mass is 983 g/mol. The van der Waals surface area contributed by atoms with E-state index in [1.807, 2.05) is 0 Å². The molecule has 0 bridgehead atoms. The van der Waals surface area contributed by atoms with E-state index in [-0.39, 0.29) is 25.9 Å². The quantitative estimate of drug-likeness (QED) is 0.0197. The molecule has 0 aliphatic rings. The second-order valence-corrected chi connectivity index (χ2v) is 20.2. The Morgan fingerprint density at radius 3 is 1.07 bits per heavy atom. The molecule has 0 aromatic carbocycles. The van der Waals surface area contributed by atoms with Gasteiger partial charge in [-0.25, -0.2) is 4.57 Å². The first kappa shape index (κ1) is 65.7. The van der Waals surface area contributed by atoms with E-state index in [4.69, 9.17) is 23.3 Å². The zero-order chi connectivity index (χ0) is 49.9. The molecule has 0 radical (unpaired) electrons. The van der Waals surface area contributed by atoms with Crippen molar-refractivity contribution in [2.45, 2.75) is 277 Å². The third-order valence-electron chi connectivity index (χ3n) is 12.0. The molecule has 0 aliphatic carbocycles. The average Bonchev–Trinajstić information content (AvgIpc) is 3.32. The van der Waals surface area contributed by atoms with Gasteiger partial charge >= 0.3 is 25.7 Å². The lowest BCUT2D eigenvalue weighted by Gasteiger charge is -2.21. The van der Waals surface area contributed by atoms with E-state index in [2.05, 4.69) is 57.2 Å². The number of hydrogen-bond acceptors (Lipinski definition) is 10. The minimum Gasteiger partial charge on any atom is -0.462 e. The summed E-state index contributed by atoms with van der Waals surface area (Å²) in [6.07, 6.45) is 51.1. The number of carbonyl (C=O) groups is 3. The summed E-state index contributed by atoms with van der Waals surface area (Å²) in [6, 6.07) is 0. The highest BCUT2D eigenvalue weighted by atomic mass is 31.2. The van der Waals surface area contributed by atoms with E-state index in [0.717, 1.165) is 103 Å². The smallest absolute Gasteiger partial charge is 0.462 e. The predicted molar refractivity (Wildman–Crippen MR) is 279 cm³/mol. The molecular formula is C56H103O11P. The number of allylic oxidation sites excluding steroid dienone is 6. The van der Waals surface area contributed by atoms with Crippen molar-refractivity contribution in [1.82, 2.24) is 0 Å². The van der Waals surface area contributed by atoms with Gasteiger partial charge < -0.3 is 24.2 Å². The molecule has 0 aliphatic heterocycles. The van der Waals surface area contributed by atoms with Crippen molar-refractivity contribution < 1.29 is 52.2 Å². The van der Waals surface area contributed by atoms with Crippen molar-refractivity contribution in [3.05, 3.63) is 36.5 Å². The Kier molecular flexibility index (Phi) is 49.3. The molecule has 0 aromatic rings. The van der Waals surface area contributed by atoms with E-state index in [1.165, 1.54) is 103 Å². The van der Waals surface area contributed by atoms with Gasteiger partial charge in [0.2, 0.25) is 0 Å². The lowest BCUT2D eigenvalue weighted by Crippen LogP contribution is -2.30. The number of phosphoric ester groups is 1. The molecule has 12 heteroatoms. The largest absolute Gasteiger partial charge is 0.472 e. The van der Waals surface area contributed by atoms with Crippen LogP contribution in [-0.2, 0) is 42.2 Å². The van der Waals surface area contributed by atoms with Crippen molar-refractivity contribution >= 4 is 25.7 Å². The molecule has 2 N–H and O–H groups in total. The van der Waals surface area contributed by atoms with Gasteiger partial charge in [-0.15, -0.1) is 0 Å². The molecular weight excluding hydrogens is 880 g/mol. The number of carbonyl (C=O) groups excluding carboxylic acids is 3. The maximum absolute atomic E-state index is 12.9. The molecule has 3 unspecified atom stereocenters. The number of aliphatic hydroxyl groups excluding tert-OH is 1. The Balaban J connectivity index is 4.72. The van der Waals surface area contributed by atoms with Crippen LogP contribution in [0.5, 0.6) is 0 Å². The Hall–Kier alpha value is -2.30. The van der Waals surface area contributed by atoms with Gasteiger partial charge in [-0.3, -0.25) is 23.4 Å². The summed E-state index contributed by atoms with van der Waals surface area (Å²) < 4.78 is 39.4. The summed E-state index contributed by atoms with van der Waals surface area (Å²) in [6.45, 7) is 4.58. The zero-order valence-corrected chi connectivity index (χ0v) is 44.7. The van der Waals surface area contributed by atoms with E-state index >= 15 is 0 Å². The van der Waals surface area contributed by atoms with Crippen molar-refractivity contribution in [2.24, 2.45) is 0 Å². The SMILES string of the molecule is CCCC/C=C\CCCCCCCC(=O)OC(CO)COP(=O)(O)OCC(COC(=O)CCCCCCCCC/C=C\CCCCCCCC)OC(=O)CCCCCCC/C=C\CCCCCC. The third-order valence-corrected chi connectivity index (χ3v) is 13.0. The number of phosphoric acid groups is 1. The number of hydrogen-bond donors (Lipinski definition) is 2. The molecule has 0 fully saturated rings. The van der Waals surface area contributed by atoms with Gasteiger partial charge in [0, 0.05) is 19.3 Å². The minimum atomic E-state index is -4.74. The second kappa shape index (κ2) is 51.1. The van der Waals surface area contributed by atoms with Crippen LogP contribution < -0.4 is 0 Å². The van der Waals surface area contributed by atoms with Crippen molar-refractivity contribution in [2.75, 3.05) is 26.4 Å². The first-order valence-corrected chi connectivity index (χ1v) is 29.4. The fourth-order valence-electron chi connectivity index (χ4n) is 7.68. The number of unbranched alkanes of at least 4 members (excludes halogenated alkanes) is 29. The fourth-order valence-corrected chi connectivity index (χ4v) is 8.46. The summed E-state index contributed by atoms with van der Waals surface area (Å²) in [5.41, 5.74) is 0. The van der Waals surface area contributed by atoms with Crippen LogP contribution in [0, 0.1) is 0 Å². The van der Waals surface area contributed by atoms with Gasteiger partial charge in [-0.2, -0.15) is 0 Å². The van der Waals surface area contributed by atoms with Crippen LogP contribution in [0.1, 0.15) is 265 Å². The first-order valence-electron chi connectivity index (χ1n) is 27.9. The Labute approximate surface area is 416 Å². The van der Waals surface area contributed by atoms with Crippen LogP contribution in [-0.4, -0.2) is 66.5 Å². The number of esters is 3. The summed E-state index contributed by atoms with van der Waals surface area (Å²) >= 11 is 0. The predicted octanol–water partition coefficient (Wildman–Crippen LogP) is 16.0. The van der Waals surface area contributed by atoms with Gasteiger partial charge in [0.15, 0.2) is 6.10 Å². The fraction of sp³-hybridized carbons (Fsp3) is 0.839. The molecule has 11 nitrogen and oxygen atoms in total. The van der Waals surface area contributed by atoms with E-state index in [1.54, 1.807) is 0 Å². The minimum absolute atomic E-state index is 0.158. The summed E-state index contributed by atoms with van der Waals surface area (Å²) in [4.78, 5) is 48.4. The highest BCUT2D eigenvalue weighted by molar-refractivity contribution is 7.47. The topological polar surface area (TPSA) is 155 Å². The Bertz CT molecular complexity index is 1280. The lowest BCUT2D eigenvalue weighted by molar-refractivity contribution is -0.161. The van der Waals surface area contributed by atoms with Crippen LogP contribution >= 0.6 is 7.82 Å². The van der Waals surface area contributed by atoms with Crippen molar-refractivity contribution in [3.63, 3.8) is 0 Å². The summed E-state index contributed by atoms with van der Waals surface area (Å²) in [5.74, 6) is -1.48. The number of rotatable bonds is 52. The normalized spacial score (nSPS) is 13.7. The Morgan fingerprint density at radius 2 is 0.691 bits per heavy atom. The van der Waals surface area contributed by atoms with Crippen molar-refractivity contribution in [1.29, 1.82) is 0 Å². The first-order chi connectivity index (χ1) is 33.2. The average molecular weight is 983 g/mol. The molecule has 0 rings (SSSR count). The van der Waals surface area contributed by atoms with Crippen LogP contribution in [0.15, 0.2) is 36.5 Å².